The largest absolute Gasteiger partial charge is 0.488 e. The van der Waals surface area contributed by atoms with E-state index in [9.17, 15) is 0 Å². The Morgan fingerprint density at radius 3 is 3.05 bits per heavy atom. The van der Waals surface area contributed by atoms with Crippen molar-refractivity contribution in [3.63, 3.8) is 0 Å². The number of hydrogen-bond acceptors (Lipinski definition) is 2. The summed E-state index contributed by atoms with van der Waals surface area (Å²) < 4.78 is 5.99. The lowest BCUT2D eigenvalue weighted by Crippen LogP contribution is -2.30. The molecule has 3 rings (SSSR count). The van der Waals surface area contributed by atoms with Crippen molar-refractivity contribution in [3.05, 3.63) is 28.8 Å². The minimum absolute atomic E-state index is 0.748. The third-order valence-electron chi connectivity index (χ3n) is 4.09. The first kappa shape index (κ1) is 12.6. The number of rotatable bonds is 3. The minimum atomic E-state index is 0.748. The van der Waals surface area contributed by atoms with Gasteiger partial charge in [0.25, 0.3) is 0 Å². The summed E-state index contributed by atoms with van der Waals surface area (Å²) >= 11 is 0. The molecule has 2 heteroatoms. The Kier molecular flexibility index (Phi) is 3.50. The van der Waals surface area contributed by atoms with Gasteiger partial charge >= 0.3 is 0 Å². The van der Waals surface area contributed by atoms with Crippen LogP contribution in [0, 0.1) is 0 Å². The Hall–Kier alpha value is -1.44. The van der Waals surface area contributed by atoms with Gasteiger partial charge in [-0.2, -0.15) is 0 Å². The van der Waals surface area contributed by atoms with Gasteiger partial charge in [0.1, 0.15) is 12.4 Å². The lowest BCUT2D eigenvalue weighted by atomic mass is 9.95. The Balaban J connectivity index is 1.97. The molecule has 2 aliphatic rings. The van der Waals surface area contributed by atoms with E-state index in [1.54, 1.807) is 0 Å². The SMILES string of the molecule is CCCCN1CCCc2c1ccc1c2OCC(C)=C1. The number of hydrogen-bond donors (Lipinski definition) is 0. The second-order valence-corrected chi connectivity index (χ2v) is 5.71. The fourth-order valence-corrected chi connectivity index (χ4v) is 3.10. The number of fused-ring (bicyclic) bond motifs is 3. The molecule has 0 unspecified atom stereocenters. The topological polar surface area (TPSA) is 12.5 Å². The molecule has 0 aromatic heterocycles. The monoisotopic (exact) mass is 257 g/mol. The summed E-state index contributed by atoms with van der Waals surface area (Å²) in [6.45, 7) is 7.51. The van der Waals surface area contributed by atoms with E-state index in [1.165, 1.54) is 54.7 Å². The summed E-state index contributed by atoms with van der Waals surface area (Å²) in [4.78, 5) is 2.54. The van der Waals surface area contributed by atoms with Gasteiger partial charge in [-0.3, -0.25) is 0 Å². The quantitative estimate of drug-likeness (QED) is 0.810. The van der Waals surface area contributed by atoms with Gasteiger partial charge in [0.2, 0.25) is 0 Å². The van der Waals surface area contributed by atoms with Crippen molar-refractivity contribution in [1.29, 1.82) is 0 Å². The molecule has 0 spiro atoms. The Morgan fingerprint density at radius 2 is 2.21 bits per heavy atom. The zero-order valence-corrected chi connectivity index (χ0v) is 12.0. The van der Waals surface area contributed by atoms with Crippen LogP contribution in [0.4, 0.5) is 5.69 Å². The molecule has 1 aromatic carbocycles. The first-order valence-electron chi connectivity index (χ1n) is 7.50. The molecule has 0 fully saturated rings. The molecule has 102 valence electrons. The average molecular weight is 257 g/mol. The van der Waals surface area contributed by atoms with Crippen molar-refractivity contribution in [2.45, 2.75) is 39.5 Å². The van der Waals surface area contributed by atoms with Crippen molar-refractivity contribution in [2.24, 2.45) is 0 Å². The van der Waals surface area contributed by atoms with Gasteiger partial charge in [0.15, 0.2) is 0 Å². The van der Waals surface area contributed by atoms with E-state index in [0.717, 1.165) is 18.8 Å². The maximum absolute atomic E-state index is 5.99. The highest BCUT2D eigenvalue weighted by atomic mass is 16.5. The fraction of sp³-hybridized carbons (Fsp3) is 0.529. The van der Waals surface area contributed by atoms with Crippen LogP contribution in [0.2, 0.25) is 0 Å². The van der Waals surface area contributed by atoms with Crippen molar-refractivity contribution < 1.29 is 4.74 Å². The number of unbranched alkanes of at least 4 members (excludes halogenated alkanes) is 1. The molecule has 2 heterocycles. The molecule has 19 heavy (non-hydrogen) atoms. The standard InChI is InChI=1S/C17H23NO/c1-3-4-9-18-10-5-6-15-16(18)8-7-14-11-13(2)12-19-17(14)15/h7-8,11H,3-6,9-10,12H2,1-2H3. The molecule has 0 bridgehead atoms. The first-order valence-corrected chi connectivity index (χ1v) is 7.50. The van der Waals surface area contributed by atoms with Crippen LogP contribution in [0.25, 0.3) is 6.08 Å². The van der Waals surface area contributed by atoms with Crippen LogP contribution in [0.5, 0.6) is 5.75 Å². The minimum Gasteiger partial charge on any atom is -0.488 e. The van der Waals surface area contributed by atoms with Crippen LogP contribution >= 0.6 is 0 Å². The van der Waals surface area contributed by atoms with E-state index in [2.05, 4.69) is 37.0 Å². The number of anilines is 1. The molecule has 0 radical (unpaired) electrons. The summed E-state index contributed by atoms with van der Waals surface area (Å²) in [7, 11) is 0. The van der Waals surface area contributed by atoms with Crippen molar-refractivity contribution in [2.75, 3.05) is 24.6 Å². The zero-order chi connectivity index (χ0) is 13.2. The van der Waals surface area contributed by atoms with Crippen LogP contribution in [0.15, 0.2) is 17.7 Å². The number of nitrogens with zero attached hydrogens (tertiary/aromatic N) is 1. The summed E-state index contributed by atoms with van der Waals surface area (Å²) in [5, 5.41) is 0. The summed E-state index contributed by atoms with van der Waals surface area (Å²) in [5.74, 6) is 1.14. The van der Waals surface area contributed by atoms with E-state index in [-0.39, 0.29) is 0 Å². The Labute approximate surface area is 116 Å². The molecule has 0 amide bonds. The highest BCUT2D eigenvalue weighted by Crippen LogP contribution is 2.39. The normalized spacial score (nSPS) is 17.4. The zero-order valence-electron chi connectivity index (χ0n) is 12.0. The smallest absolute Gasteiger partial charge is 0.132 e. The Bertz CT molecular complexity index is 504. The molecular weight excluding hydrogens is 234 g/mol. The van der Waals surface area contributed by atoms with Crippen LogP contribution < -0.4 is 9.64 Å². The van der Waals surface area contributed by atoms with E-state index in [1.807, 2.05) is 0 Å². The van der Waals surface area contributed by atoms with Gasteiger partial charge in [-0.1, -0.05) is 13.3 Å². The van der Waals surface area contributed by atoms with Gasteiger partial charge in [0.05, 0.1) is 0 Å². The van der Waals surface area contributed by atoms with Gasteiger partial charge < -0.3 is 9.64 Å². The molecule has 0 saturated carbocycles. The van der Waals surface area contributed by atoms with E-state index < -0.39 is 0 Å². The van der Waals surface area contributed by atoms with Crippen molar-refractivity contribution >= 4 is 11.8 Å². The second kappa shape index (κ2) is 5.28. The average Bonchev–Trinajstić information content (AvgIpc) is 2.44. The predicted octanol–water partition coefficient (Wildman–Crippen LogP) is 4.04. The van der Waals surface area contributed by atoms with Crippen LogP contribution in [0.3, 0.4) is 0 Å². The number of ether oxygens (including phenoxy) is 1. The van der Waals surface area contributed by atoms with Crippen molar-refractivity contribution in [1.82, 2.24) is 0 Å². The summed E-state index contributed by atoms with van der Waals surface area (Å²) in [6.07, 6.45) is 7.21. The van der Waals surface area contributed by atoms with E-state index in [0.29, 0.717) is 0 Å². The van der Waals surface area contributed by atoms with Crippen LogP contribution in [-0.2, 0) is 6.42 Å². The lowest BCUT2D eigenvalue weighted by molar-refractivity contribution is 0.342. The van der Waals surface area contributed by atoms with E-state index in [4.69, 9.17) is 4.74 Å². The van der Waals surface area contributed by atoms with Crippen LogP contribution in [-0.4, -0.2) is 19.7 Å². The van der Waals surface area contributed by atoms with Gasteiger partial charge in [0, 0.05) is 29.9 Å². The molecule has 2 nitrogen and oxygen atoms in total. The maximum atomic E-state index is 5.99. The molecule has 1 aromatic rings. The lowest BCUT2D eigenvalue weighted by Gasteiger charge is -2.33. The molecule has 2 aliphatic heterocycles. The third kappa shape index (κ3) is 2.36. The second-order valence-electron chi connectivity index (χ2n) is 5.71. The van der Waals surface area contributed by atoms with Crippen molar-refractivity contribution in [3.8, 4) is 5.75 Å². The summed E-state index contributed by atoms with van der Waals surface area (Å²) in [5.41, 5.74) is 5.42. The fourth-order valence-electron chi connectivity index (χ4n) is 3.10. The van der Waals surface area contributed by atoms with Crippen LogP contribution in [0.1, 0.15) is 44.2 Å². The molecule has 0 atom stereocenters. The Morgan fingerprint density at radius 1 is 1.32 bits per heavy atom. The number of benzene rings is 1. The third-order valence-corrected chi connectivity index (χ3v) is 4.09. The van der Waals surface area contributed by atoms with Gasteiger partial charge in [-0.25, -0.2) is 0 Å². The highest BCUT2D eigenvalue weighted by Gasteiger charge is 2.23. The molecular formula is C17H23NO. The maximum Gasteiger partial charge on any atom is 0.132 e. The molecule has 0 N–H and O–H groups in total. The summed E-state index contributed by atoms with van der Waals surface area (Å²) in [6, 6.07) is 4.52. The first-order chi connectivity index (χ1) is 9.29. The van der Waals surface area contributed by atoms with Gasteiger partial charge in [-0.15, -0.1) is 0 Å². The molecule has 0 saturated heterocycles. The van der Waals surface area contributed by atoms with Gasteiger partial charge in [-0.05, 0) is 50.0 Å². The highest BCUT2D eigenvalue weighted by molar-refractivity contribution is 5.72. The predicted molar refractivity (Wildman–Crippen MR) is 81.0 cm³/mol. The molecule has 0 aliphatic carbocycles. The van der Waals surface area contributed by atoms with E-state index >= 15 is 0 Å².